The Labute approximate surface area is 102 Å². The number of nitrogens with zero attached hydrogens (tertiary/aromatic N) is 1. The van der Waals surface area contributed by atoms with Crippen LogP contribution in [0, 0.1) is 5.41 Å². The van der Waals surface area contributed by atoms with E-state index in [1.807, 2.05) is 20.8 Å². The van der Waals surface area contributed by atoms with Gasteiger partial charge in [-0.2, -0.15) is 0 Å². The molecule has 1 amide bonds. The van der Waals surface area contributed by atoms with E-state index in [-0.39, 0.29) is 17.6 Å². The molecule has 0 radical (unpaired) electrons. The molecule has 5 nitrogen and oxygen atoms in total. The quantitative estimate of drug-likeness (QED) is 0.733. The summed E-state index contributed by atoms with van der Waals surface area (Å²) >= 11 is 0. The summed E-state index contributed by atoms with van der Waals surface area (Å²) in [6, 6.07) is 0. The normalized spacial score (nSPS) is 32.7. The minimum Gasteiger partial charge on any atom is -0.444 e. The van der Waals surface area contributed by atoms with Crippen LogP contribution in [0.5, 0.6) is 0 Å². The molecule has 5 heteroatoms. The van der Waals surface area contributed by atoms with Crippen LogP contribution >= 0.6 is 0 Å². The number of hydrogen-bond donors (Lipinski definition) is 1. The average Bonchev–Trinajstić information content (AvgIpc) is 2.97. The van der Waals surface area contributed by atoms with Crippen molar-refractivity contribution in [1.29, 1.82) is 0 Å². The van der Waals surface area contributed by atoms with Crippen molar-refractivity contribution in [1.82, 2.24) is 4.90 Å². The second-order valence-corrected chi connectivity index (χ2v) is 6.04. The van der Waals surface area contributed by atoms with Crippen molar-refractivity contribution >= 4 is 6.09 Å². The second-order valence-electron chi connectivity index (χ2n) is 6.04. The summed E-state index contributed by atoms with van der Waals surface area (Å²) in [5.74, 6) is 0. The Morgan fingerprint density at radius 3 is 2.71 bits per heavy atom. The van der Waals surface area contributed by atoms with Crippen LogP contribution in [0.25, 0.3) is 0 Å². The molecule has 2 fully saturated rings. The predicted molar refractivity (Wildman–Crippen MR) is 63.7 cm³/mol. The van der Waals surface area contributed by atoms with Gasteiger partial charge in [0.1, 0.15) is 5.60 Å². The van der Waals surface area contributed by atoms with Gasteiger partial charge in [-0.3, -0.25) is 0 Å². The van der Waals surface area contributed by atoms with E-state index in [2.05, 4.69) is 0 Å². The third-order valence-electron chi connectivity index (χ3n) is 3.46. The molecule has 2 aliphatic rings. The highest BCUT2D eigenvalue weighted by Gasteiger charge is 2.51. The lowest BCUT2D eigenvalue weighted by Gasteiger charge is -2.27. The van der Waals surface area contributed by atoms with E-state index in [1.165, 1.54) is 0 Å². The maximum Gasteiger partial charge on any atom is 0.410 e. The second kappa shape index (κ2) is 4.14. The zero-order chi connectivity index (χ0) is 12.7. The van der Waals surface area contributed by atoms with Crippen LogP contribution in [0.1, 0.15) is 27.2 Å². The van der Waals surface area contributed by atoms with Gasteiger partial charge in [0.15, 0.2) is 0 Å². The molecule has 0 aromatic rings. The number of likely N-dealkylation sites (tertiary alicyclic amines) is 1. The van der Waals surface area contributed by atoms with Gasteiger partial charge in [0, 0.05) is 25.0 Å². The predicted octanol–water partition coefficient (Wildman–Crippen LogP) is 0.971. The summed E-state index contributed by atoms with van der Waals surface area (Å²) in [4.78, 5) is 13.7. The number of carbonyl (C=O) groups is 1. The fraction of sp³-hybridized carbons (Fsp3) is 0.917. The SMILES string of the molecule is CC(C)(C)OC(=O)N1CCC(CN)(C2CO2)C1. The molecule has 0 aliphatic carbocycles. The molecule has 2 heterocycles. The van der Waals surface area contributed by atoms with Gasteiger partial charge in [-0.1, -0.05) is 0 Å². The van der Waals surface area contributed by atoms with Gasteiger partial charge in [0.2, 0.25) is 0 Å². The van der Waals surface area contributed by atoms with Crippen LogP contribution in [0.3, 0.4) is 0 Å². The van der Waals surface area contributed by atoms with Crippen molar-refractivity contribution in [2.45, 2.75) is 38.9 Å². The van der Waals surface area contributed by atoms with Crippen molar-refractivity contribution < 1.29 is 14.3 Å². The summed E-state index contributed by atoms with van der Waals surface area (Å²) in [5, 5.41) is 0. The van der Waals surface area contributed by atoms with Crippen LogP contribution in [0.15, 0.2) is 0 Å². The molecular weight excluding hydrogens is 220 g/mol. The molecular formula is C12H22N2O3. The summed E-state index contributed by atoms with van der Waals surface area (Å²) in [6.07, 6.45) is 0.904. The van der Waals surface area contributed by atoms with Gasteiger partial charge >= 0.3 is 6.09 Å². The van der Waals surface area contributed by atoms with E-state index in [1.54, 1.807) is 4.90 Å². The molecule has 2 unspecified atom stereocenters. The fourth-order valence-electron chi connectivity index (χ4n) is 2.34. The van der Waals surface area contributed by atoms with Gasteiger partial charge in [-0.05, 0) is 27.2 Å². The Morgan fingerprint density at radius 1 is 1.59 bits per heavy atom. The van der Waals surface area contributed by atoms with Crippen LogP contribution < -0.4 is 5.73 Å². The van der Waals surface area contributed by atoms with E-state index in [0.717, 1.165) is 13.0 Å². The zero-order valence-electron chi connectivity index (χ0n) is 10.9. The number of ether oxygens (including phenoxy) is 2. The first kappa shape index (κ1) is 12.6. The Hall–Kier alpha value is -0.810. The number of rotatable bonds is 2. The summed E-state index contributed by atoms with van der Waals surface area (Å²) in [7, 11) is 0. The lowest BCUT2D eigenvalue weighted by Crippen LogP contribution is -2.41. The molecule has 2 saturated heterocycles. The highest BCUT2D eigenvalue weighted by atomic mass is 16.6. The van der Waals surface area contributed by atoms with E-state index in [4.69, 9.17) is 15.2 Å². The monoisotopic (exact) mass is 242 g/mol. The van der Waals surface area contributed by atoms with Crippen LogP contribution in [0.4, 0.5) is 4.79 Å². The molecule has 0 bridgehead atoms. The van der Waals surface area contributed by atoms with Crippen molar-refractivity contribution in [3.63, 3.8) is 0 Å². The first-order valence-corrected chi connectivity index (χ1v) is 6.16. The number of hydrogen-bond acceptors (Lipinski definition) is 4. The standard InChI is InChI=1S/C12H22N2O3/c1-11(2,3)17-10(15)14-5-4-12(7-13,8-14)9-6-16-9/h9H,4-8,13H2,1-3H3. The molecule has 0 saturated carbocycles. The summed E-state index contributed by atoms with van der Waals surface area (Å²) in [5.41, 5.74) is 5.35. The van der Waals surface area contributed by atoms with E-state index in [9.17, 15) is 4.79 Å². The van der Waals surface area contributed by atoms with Crippen molar-refractivity contribution in [2.75, 3.05) is 26.2 Å². The lowest BCUT2D eigenvalue weighted by atomic mass is 9.84. The minimum atomic E-state index is -0.443. The Balaban J connectivity index is 1.95. The average molecular weight is 242 g/mol. The highest BCUT2D eigenvalue weighted by molar-refractivity contribution is 5.68. The third-order valence-corrected chi connectivity index (χ3v) is 3.46. The van der Waals surface area contributed by atoms with Crippen molar-refractivity contribution in [2.24, 2.45) is 11.1 Å². The molecule has 2 N–H and O–H groups in total. The maximum absolute atomic E-state index is 11.9. The number of nitrogens with two attached hydrogens (primary N) is 1. The molecule has 2 rings (SSSR count). The molecule has 98 valence electrons. The van der Waals surface area contributed by atoms with Gasteiger partial charge in [-0.15, -0.1) is 0 Å². The number of epoxide rings is 1. The highest BCUT2D eigenvalue weighted by Crippen LogP contribution is 2.40. The lowest BCUT2D eigenvalue weighted by molar-refractivity contribution is 0.0268. The first-order chi connectivity index (χ1) is 7.86. The van der Waals surface area contributed by atoms with Gasteiger partial charge in [-0.25, -0.2) is 4.79 Å². The Kier molecular flexibility index (Phi) is 3.08. The van der Waals surface area contributed by atoms with E-state index >= 15 is 0 Å². The largest absolute Gasteiger partial charge is 0.444 e. The fourth-order valence-corrected chi connectivity index (χ4v) is 2.34. The number of amides is 1. The van der Waals surface area contributed by atoms with Crippen LogP contribution in [-0.4, -0.2) is 48.9 Å². The van der Waals surface area contributed by atoms with Gasteiger partial charge in [0.05, 0.1) is 12.7 Å². The van der Waals surface area contributed by atoms with E-state index in [0.29, 0.717) is 19.6 Å². The number of carbonyl (C=O) groups excluding carboxylic acids is 1. The first-order valence-electron chi connectivity index (χ1n) is 6.16. The molecule has 0 aromatic carbocycles. The minimum absolute atomic E-state index is 0.0447. The molecule has 0 spiro atoms. The zero-order valence-corrected chi connectivity index (χ0v) is 10.9. The third kappa shape index (κ3) is 2.72. The summed E-state index contributed by atoms with van der Waals surface area (Å²) < 4.78 is 10.7. The van der Waals surface area contributed by atoms with Crippen molar-refractivity contribution in [3.05, 3.63) is 0 Å². The summed E-state index contributed by atoms with van der Waals surface area (Å²) in [6.45, 7) is 8.34. The maximum atomic E-state index is 11.9. The van der Waals surface area contributed by atoms with Crippen LogP contribution in [0.2, 0.25) is 0 Å². The molecule has 17 heavy (non-hydrogen) atoms. The Morgan fingerprint density at radius 2 is 2.24 bits per heavy atom. The van der Waals surface area contributed by atoms with Crippen molar-refractivity contribution in [3.8, 4) is 0 Å². The Bertz CT molecular complexity index is 309. The topological polar surface area (TPSA) is 68.1 Å². The van der Waals surface area contributed by atoms with Gasteiger partial charge in [0.25, 0.3) is 0 Å². The molecule has 2 aliphatic heterocycles. The molecule has 0 aromatic heterocycles. The van der Waals surface area contributed by atoms with Gasteiger partial charge < -0.3 is 20.1 Å². The molecule has 2 atom stereocenters. The smallest absolute Gasteiger partial charge is 0.410 e. The van der Waals surface area contributed by atoms with Crippen LogP contribution in [-0.2, 0) is 9.47 Å². The van der Waals surface area contributed by atoms with E-state index < -0.39 is 5.60 Å².